The highest BCUT2D eigenvalue weighted by Gasteiger charge is 2.10. The molecule has 1 rings (SSSR count). The van der Waals surface area contributed by atoms with E-state index in [1.807, 2.05) is 24.3 Å². The van der Waals surface area contributed by atoms with E-state index in [1.54, 1.807) is 6.92 Å². The van der Waals surface area contributed by atoms with Crippen LogP contribution >= 0.6 is 0 Å². The summed E-state index contributed by atoms with van der Waals surface area (Å²) in [4.78, 5) is 10.5. The van der Waals surface area contributed by atoms with Crippen molar-refractivity contribution in [1.82, 2.24) is 0 Å². The summed E-state index contributed by atoms with van der Waals surface area (Å²) < 4.78 is 0. The molecule has 1 aromatic rings. The minimum atomic E-state index is -0.902. The van der Waals surface area contributed by atoms with Gasteiger partial charge in [0.05, 0.1) is 12.5 Å². The first-order valence-electron chi connectivity index (χ1n) is 5.23. The lowest BCUT2D eigenvalue weighted by Gasteiger charge is -2.10. The number of nitrogens with two attached hydrogens (primary N) is 1. The van der Waals surface area contributed by atoms with Gasteiger partial charge >= 0.3 is 5.97 Å². The third-order valence-corrected chi connectivity index (χ3v) is 2.33. The van der Waals surface area contributed by atoms with Crippen molar-refractivity contribution < 1.29 is 15.0 Å². The second-order valence-electron chi connectivity index (χ2n) is 4.00. The number of aliphatic hydroxyl groups is 1. The van der Waals surface area contributed by atoms with E-state index in [0.29, 0.717) is 6.42 Å². The Morgan fingerprint density at radius 3 is 2.38 bits per heavy atom. The van der Waals surface area contributed by atoms with E-state index in [2.05, 4.69) is 0 Å². The van der Waals surface area contributed by atoms with E-state index in [0.717, 1.165) is 11.1 Å². The first-order valence-corrected chi connectivity index (χ1v) is 5.23. The average molecular weight is 223 g/mol. The van der Waals surface area contributed by atoms with Gasteiger partial charge in [-0.1, -0.05) is 24.3 Å². The monoisotopic (exact) mass is 223 g/mol. The van der Waals surface area contributed by atoms with Crippen molar-refractivity contribution in [2.75, 3.05) is 0 Å². The average Bonchev–Trinajstić information content (AvgIpc) is 2.16. The van der Waals surface area contributed by atoms with Gasteiger partial charge in [0.15, 0.2) is 0 Å². The zero-order chi connectivity index (χ0) is 12.1. The normalized spacial score (nSPS) is 14.4. The summed E-state index contributed by atoms with van der Waals surface area (Å²) in [6.07, 6.45) is 0.142. The first-order chi connectivity index (χ1) is 7.49. The molecule has 4 nitrogen and oxygen atoms in total. The lowest BCUT2D eigenvalue weighted by Crippen LogP contribution is -2.15. The summed E-state index contributed by atoms with van der Waals surface area (Å²) in [5, 5.41) is 17.8. The zero-order valence-electron chi connectivity index (χ0n) is 9.26. The van der Waals surface area contributed by atoms with Crippen molar-refractivity contribution in [3.8, 4) is 0 Å². The molecule has 0 aliphatic heterocycles. The van der Waals surface area contributed by atoms with Crippen LogP contribution in [-0.2, 0) is 11.2 Å². The summed E-state index contributed by atoms with van der Waals surface area (Å²) in [5.74, 6) is -0.902. The summed E-state index contributed by atoms with van der Waals surface area (Å²) in [6.45, 7) is 1.73. The molecule has 0 spiro atoms. The Labute approximate surface area is 94.7 Å². The van der Waals surface area contributed by atoms with Crippen LogP contribution in [0, 0.1) is 0 Å². The first kappa shape index (κ1) is 12.7. The molecule has 0 aliphatic carbocycles. The SMILES string of the molecule is CC(O)Cc1ccc(C(N)CC(=O)O)cc1. The largest absolute Gasteiger partial charge is 0.481 e. The standard InChI is InChI=1S/C12H17NO3/c1-8(14)6-9-2-4-10(5-3-9)11(13)7-12(15)16/h2-5,8,11,14H,6-7,13H2,1H3,(H,15,16). The molecule has 2 atom stereocenters. The third kappa shape index (κ3) is 4.00. The predicted molar refractivity (Wildman–Crippen MR) is 61.0 cm³/mol. The molecule has 0 saturated heterocycles. The van der Waals surface area contributed by atoms with Crippen molar-refractivity contribution in [1.29, 1.82) is 0 Å². The molecule has 0 aliphatic rings. The quantitative estimate of drug-likeness (QED) is 0.697. The second kappa shape index (κ2) is 5.63. The van der Waals surface area contributed by atoms with E-state index >= 15 is 0 Å². The van der Waals surface area contributed by atoms with Crippen LogP contribution in [0.3, 0.4) is 0 Å². The Balaban J connectivity index is 2.66. The van der Waals surface area contributed by atoms with Crippen LogP contribution in [0.4, 0.5) is 0 Å². The van der Waals surface area contributed by atoms with Crippen molar-refractivity contribution >= 4 is 5.97 Å². The molecular weight excluding hydrogens is 206 g/mol. The van der Waals surface area contributed by atoms with Gasteiger partial charge in [-0.15, -0.1) is 0 Å². The van der Waals surface area contributed by atoms with E-state index in [-0.39, 0.29) is 12.5 Å². The number of aliphatic carboxylic acids is 1. The second-order valence-corrected chi connectivity index (χ2v) is 4.00. The Hall–Kier alpha value is -1.39. The number of aliphatic hydroxyl groups excluding tert-OH is 1. The smallest absolute Gasteiger partial charge is 0.305 e. The molecule has 0 aromatic heterocycles. The number of hydrogen-bond acceptors (Lipinski definition) is 3. The molecule has 4 N–H and O–H groups in total. The minimum Gasteiger partial charge on any atom is -0.481 e. The van der Waals surface area contributed by atoms with Crippen molar-refractivity contribution in [3.63, 3.8) is 0 Å². The molecular formula is C12H17NO3. The van der Waals surface area contributed by atoms with Crippen LogP contribution in [0.25, 0.3) is 0 Å². The minimum absolute atomic E-state index is 0.0737. The summed E-state index contributed by atoms with van der Waals surface area (Å²) in [5.41, 5.74) is 7.53. The number of carboxylic acid groups (broad SMARTS) is 1. The van der Waals surface area contributed by atoms with Crippen LogP contribution in [0.5, 0.6) is 0 Å². The molecule has 0 amide bonds. The van der Waals surface area contributed by atoms with Crippen LogP contribution in [0.2, 0.25) is 0 Å². The summed E-state index contributed by atoms with van der Waals surface area (Å²) >= 11 is 0. The number of benzene rings is 1. The maximum absolute atomic E-state index is 10.5. The van der Waals surface area contributed by atoms with Gasteiger partial charge in [0.2, 0.25) is 0 Å². The van der Waals surface area contributed by atoms with Gasteiger partial charge in [0, 0.05) is 6.04 Å². The highest BCUT2D eigenvalue weighted by atomic mass is 16.4. The molecule has 4 heteroatoms. The fourth-order valence-corrected chi connectivity index (χ4v) is 1.55. The molecule has 0 saturated carbocycles. The molecule has 88 valence electrons. The maximum Gasteiger partial charge on any atom is 0.305 e. The predicted octanol–water partition coefficient (Wildman–Crippen LogP) is 1.08. The molecule has 2 unspecified atom stereocenters. The van der Waals surface area contributed by atoms with Crippen molar-refractivity contribution in [2.24, 2.45) is 5.73 Å². The topological polar surface area (TPSA) is 83.5 Å². The highest BCUT2D eigenvalue weighted by Crippen LogP contribution is 2.15. The molecule has 0 bridgehead atoms. The summed E-state index contributed by atoms with van der Waals surface area (Å²) in [7, 11) is 0. The van der Waals surface area contributed by atoms with Crippen molar-refractivity contribution in [3.05, 3.63) is 35.4 Å². The maximum atomic E-state index is 10.5. The summed E-state index contributed by atoms with van der Waals surface area (Å²) in [6, 6.07) is 6.88. The fraction of sp³-hybridized carbons (Fsp3) is 0.417. The van der Waals surface area contributed by atoms with Gasteiger partial charge in [-0.3, -0.25) is 4.79 Å². The Morgan fingerprint density at radius 1 is 1.38 bits per heavy atom. The Morgan fingerprint density at radius 2 is 1.94 bits per heavy atom. The van der Waals surface area contributed by atoms with Crippen LogP contribution in [0.15, 0.2) is 24.3 Å². The fourth-order valence-electron chi connectivity index (χ4n) is 1.55. The molecule has 0 heterocycles. The van der Waals surface area contributed by atoms with E-state index < -0.39 is 12.0 Å². The van der Waals surface area contributed by atoms with Gasteiger partial charge in [-0.05, 0) is 24.5 Å². The van der Waals surface area contributed by atoms with Crippen LogP contribution in [0.1, 0.15) is 30.5 Å². The highest BCUT2D eigenvalue weighted by molar-refractivity contribution is 5.67. The van der Waals surface area contributed by atoms with Gasteiger partial charge in [-0.2, -0.15) is 0 Å². The molecule has 0 radical (unpaired) electrons. The lowest BCUT2D eigenvalue weighted by atomic mass is 10.0. The van der Waals surface area contributed by atoms with Gasteiger partial charge in [0.1, 0.15) is 0 Å². The van der Waals surface area contributed by atoms with Gasteiger partial charge < -0.3 is 15.9 Å². The van der Waals surface area contributed by atoms with Gasteiger partial charge in [-0.25, -0.2) is 0 Å². The Bertz CT molecular complexity index is 346. The molecule has 1 aromatic carbocycles. The zero-order valence-corrected chi connectivity index (χ0v) is 9.26. The lowest BCUT2D eigenvalue weighted by molar-refractivity contribution is -0.137. The van der Waals surface area contributed by atoms with Crippen molar-refractivity contribution in [2.45, 2.75) is 31.9 Å². The van der Waals surface area contributed by atoms with E-state index in [4.69, 9.17) is 10.8 Å². The third-order valence-electron chi connectivity index (χ3n) is 2.33. The van der Waals surface area contributed by atoms with Crippen LogP contribution in [-0.4, -0.2) is 22.3 Å². The number of carbonyl (C=O) groups is 1. The molecule has 16 heavy (non-hydrogen) atoms. The molecule has 0 fully saturated rings. The number of carboxylic acids is 1. The van der Waals surface area contributed by atoms with Crippen LogP contribution < -0.4 is 5.73 Å². The Kier molecular flexibility index (Phi) is 4.46. The number of hydrogen-bond donors (Lipinski definition) is 3. The van der Waals surface area contributed by atoms with E-state index in [1.165, 1.54) is 0 Å². The van der Waals surface area contributed by atoms with E-state index in [9.17, 15) is 9.90 Å². The number of rotatable bonds is 5. The van der Waals surface area contributed by atoms with Gasteiger partial charge in [0.25, 0.3) is 0 Å².